The fourth-order valence-electron chi connectivity index (χ4n) is 3.56. The zero-order valence-corrected chi connectivity index (χ0v) is 16.2. The molecule has 1 fully saturated rings. The van der Waals surface area contributed by atoms with E-state index in [0.717, 1.165) is 12.1 Å². The van der Waals surface area contributed by atoms with Crippen LogP contribution in [0.3, 0.4) is 0 Å². The Balaban J connectivity index is 1.84. The number of rotatable bonds is 3. The zero-order chi connectivity index (χ0) is 19.8. The van der Waals surface area contributed by atoms with E-state index < -0.39 is 5.97 Å². The molecule has 0 unspecified atom stereocenters. The lowest BCUT2D eigenvalue weighted by atomic mass is 9.99. The number of carboxylic acid groups (broad SMARTS) is 1. The number of benzene rings is 2. The maximum atomic E-state index is 13.1. The smallest absolute Gasteiger partial charge is 0.352 e. The Labute approximate surface area is 171 Å². The average Bonchev–Trinajstić information content (AvgIpc) is 3.03. The number of hydrogen-bond acceptors (Lipinski definition) is 2. The quantitative estimate of drug-likeness (QED) is 0.564. The second-order valence-corrected chi connectivity index (χ2v) is 7.44. The van der Waals surface area contributed by atoms with Crippen LogP contribution in [-0.4, -0.2) is 28.5 Å². The molecule has 2 aromatic carbocycles. The van der Waals surface area contributed by atoms with Crippen molar-refractivity contribution in [2.45, 2.75) is 12.8 Å². The number of hydrogen-bond donors (Lipinski definition) is 2. The molecule has 1 aromatic heterocycles. The standard InChI is InChI=1S/C21H16Cl2N2O3/c22-13-10-16(23)18-15(19(21(27)28)24-17(18)11-13)9-12-5-4-8-25(20(12)26)14-6-2-1-3-7-14/h1-3,6-7,9-11,24H,4-5,8H2,(H,27,28)/b12-9+. The first-order valence-electron chi connectivity index (χ1n) is 8.77. The molecule has 0 saturated carbocycles. The van der Waals surface area contributed by atoms with E-state index in [1.54, 1.807) is 23.1 Å². The fourth-order valence-corrected chi connectivity index (χ4v) is 4.15. The molecular formula is C21H16Cl2N2O3. The number of fused-ring (bicyclic) bond motifs is 1. The number of H-pyrrole nitrogens is 1. The molecule has 2 N–H and O–H groups in total. The number of aromatic amines is 1. The van der Waals surface area contributed by atoms with Crippen molar-refractivity contribution in [2.75, 3.05) is 11.4 Å². The van der Waals surface area contributed by atoms with Gasteiger partial charge < -0.3 is 15.0 Å². The lowest BCUT2D eigenvalue weighted by molar-refractivity contribution is -0.115. The molecule has 1 aliphatic rings. The molecule has 1 saturated heterocycles. The third kappa shape index (κ3) is 3.28. The number of nitrogens with one attached hydrogen (secondary N) is 1. The molecule has 0 radical (unpaired) electrons. The molecule has 28 heavy (non-hydrogen) atoms. The normalized spacial score (nSPS) is 16.1. The van der Waals surface area contributed by atoms with E-state index in [2.05, 4.69) is 4.98 Å². The number of carbonyl (C=O) groups excluding carboxylic acids is 1. The summed E-state index contributed by atoms with van der Waals surface area (Å²) in [6.07, 6.45) is 3.00. The van der Waals surface area contributed by atoms with Crippen LogP contribution in [0.1, 0.15) is 28.9 Å². The summed E-state index contributed by atoms with van der Waals surface area (Å²) in [7, 11) is 0. The van der Waals surface area contributed by atoms with Gasteiger partial charge >= 0.3 is 5.97 Å². The van der Waals surface area contributed by atoms with Crippen molar-refractivity contribution in [3.05, 3.63) is 69.3 Å². The van der Waals surface area contributed by atoms with E-state index in [-0.39, 0.29) is 11.6 Å². The Morgan fingerprint density at radius 2 is 1.93 bits per heavy atom. The summed E-state index contributed by atoms with van der Waals surface area (Å²) in [5.74, 6) is -1.26. The van der Waals surface area contributed by atoms with Crippen molar-refractivity contribution in [1.29, 1.82) is 0 Å². The average molecular weight is 415 g/mol. The Bertz CT molecular complexity index is 1120. The summed E-state index contributed by atoms with van der Waals surface area (Å²) in [6, 6.07) is 12.6. The lowest BCUT2D eigenvalue weighted by Gasteiger charge is -2.28. The van der Waals surface area contributed by atoms with Crippen LogP contribution in [0.5, 0.6) is 0 Å². The first kappa shape index (κ1) is 18.6. The van der Waals surface area contributed by atoms with Gasteiger partial charge in [0.05, 0.1) is 5.02 Å². The summed E-state index contributed by atoms with van der Waals surface area (Å²) < 4.78 is 0. The summed E-state index contributed by atoms with van der Waals surface area (Å²) in [4.78, 5) is 29.4. The maximum Gasteiger partial charge on any atom is 0.352 e. The minimum Gasteiger partial charge on any atom is -0.477 e. The van der Waals surface area contributed by atoms with Crippen molar-refractivity contribution < 1.29 is 14.7 Å². The molecule has 5 nitrogen and oxygen atoms in total. The molecule has 0 bridgehead atoms. The minimum atomic E-state index is -1.13. The second-order valence-electron chi connectivity index (χ2n) is 6.59. The first-order valence-corrected chi connectivity index (χ1v) is 9.53. The molecule has 142 valence electrons. The summed E-state index contributed by atoms with van der Waals surface area (Å²) in [5, 5.41) is 10.9. The van der Waals surface area contributed by atoms with Crippen LogP contribution in [0.4, 0.5) is 5.69 Å². The van der Waals surface area contributed by atoms with Crippen LogP contribution in [0, 0.1) is 0 Å². The molecule has 1 amide bonds. The number of para-hydroxylation sites is 1. The first-order chi connectivity index (χ1) is 13.5. The van der Waals surface area contributed by atoms with Gasteiger partial charge in [-0.05, 0) is 43.2 Å². The van der Waals surface area contributed by atoms with E-state index >= 15 is 0 Å². The monoisotopic (exact) mass is 414 g/mol. The van der Waals surface area contributed by atoms with Gasteiger partial charge in [-0.15, -0.1) is 0 Å². The van der Waals surface area contributed by atoms with E-state index in [0.29, 0.717) is 45.1 Å². The molecule has 0 aliphatic carbocycles. The number of nitrogens with zero attached hydrogens (tertiary/aromatic N) is 1. The van der Waals surface area contributed by atoms with Crippen LogP contribution in [-0.2, 0) is 4.79 Å². The molecule has 0 atom stereocenters. The van der Waals surface area contributed by atoms with Gasteiger partial charge in [0, 0.05) is 39.3 Å². The van der Waals surface area contributed by atoms with Gasteiger partial charge in [0.2, 0.25) is 0 Å². The number of carboxylic acids is 1. The molecule has 4 rings (SSSR count). The van der Waals surface area contributed by atoms with Gasteiger partial charge in [-0.3, -0.25) is 4.79 Å². The topological polar surface area (TPSA) is 73.4 Å². The number of halogens is 2. The number of piperidine rings is 1. The van der Waals surface area contributed by atoms with Crippen LogP contribution >= 0.6 is 23.2 Å². The largest absolute Gasteiger partial charge is 0.477 e. The molecule has 7 heteroatoms. The second kappa shape index (κ2) is 7.34. The van der Waals surface area contributed by atoms with E-state index in [1.165, 1.54) is 0 Å². The van der Waals surface area contributed by atoms with Crippen LogP contribution in [0.15, 0.2) is 48.0 Å². The van der Waals surface area contributed by atoms with E-state index in [4.69, 9.17) is 23.2 Å². The van der Waals surface area contributed by atoms with Gasteiger partial charge in [-0.2, -0.15) is 0 Å². The highest BCUT2D eigenvalue weighted by molar-refractivity contribution is 6.39. The zero-order valence-electron chi connectivity index (χ0n) is 14.7. The highest BCUT2D eigenvalue weighted by atomic mass is 35.5. The molecule has 2 heterocycles. The molecule has 1 aliphatic heterocycles. The number of amides is 1. The van der Waals surface area contributed by atoms with Crippen molar-refractivity contribution in [2.24, 2.45) is 0 Å². The lowest BCUT2D eigenvalue weighted by Crippen LogP contribution is -2.36. The van der Waals surface area contributed by atoms with Gasteiger partial charge in [-0.25, -0.2) is 4.79 Å². The van der Waals surface area contributed by atoms with Crippen molar-refractivity contribution >= 4 is 57.7 Å². The Hall–Kier alpha value is -2.76. The summed E-state index contributed by atoms with van der Waals surface area (Å²) in [6.45, 7) is 0.621. The number of carbonyl (C=O) groups is 2. The summed E-state index contributed by atoms with van der Waals surface area (Å²) >= 11 is 12.4. The highest BCUT2D eigenvalue weighted by Crippen LogP contribution is 2.35. The van der Waals surface area contributed by atoms with Gasteiger partial charge in [0.25, 0.3) is 5.91 Å². The van der Waals surface area contributed by atoms with Gasteiger partial charge in [0.15, 0.2) is 0 Å². The third-order valence-electron chi connectivity index (χ3n) is 4.80. The maximum absolute atomic E-state index is 13.1. The highest BCUT2D eigenvalue weighted by Gasteiger charge is 2.26. The van der Waals surface area contributed by atoms with Crippen LogP contribution < -0.4 is 4.90 Å². The third-order valence-corrected chi connectivity index (χ3v) is 5.32. The van der Waals surface area contributed by atoms with E-state index in [1.807, 2.05) is 30.3 Å². The molecular weight excluding hydrogens is 399 g/mol. The van der Waals surface area contributed by atoms with Gasteiger partial charge in [-0.1, -0.05) is 41.4 Å². The molecule has 3 aromatic rings. The number of anilines is 1. The summed E-state index contributed by atoms with van der Waals surface area (Å²) in [5.41, 5.74) is 2.26. The predicted molar refractivity (Wildman–Crippen MR) is 111 cm³/mol. The van der Waals surface area contributed by atoms with Crippen LogP contribution in [0.25, 0.3) is 17.0 Å². The van der Waals surface area contributed by atoms with Crippen LogP contribution in [0.2, 0.25) is 10.0 Å². The number of aromatic carboxylic acids is 1. The fraction of sp³-hybridized carbons (Fsp3) is 0.143. The SMILES string of the molecule is O=C(O)c1[nH]c2cc(Cl)cc(Cl)c2c1/C=C1\CCCN(c2ccccc2)C1=O. The van der Waals surface area contributed by atoms with Gasteiger partial charge in [0.1, 0.15) is 5.69 Å². The Morgan fingerprint density at radius 3 is 2.64 bits per heavy atom. The predicted octanol–water partition coefficient (Wildman–Crippen LogP) is 5.38. The Kier molecular flexibility index (Phi) is 4.87. The van der Waals surface area contributed by atoms with Crippen molar-refractivity contribution in [3.8, 4) is 0 Å². The van der Waals surface area contributed by atoms with E-state index in [9.17, 15) is 14.7 Å². The van der Waals surface area contributed by atoms with Crippen molar-refractivity contribution in [3.63, 3.8) is 0 Å². The number of aromatic nitrogens is 1. The minimum absolute atomic E-state index is 0.0173. The Morgan fingerprint density at radius 1 is 1.18 bits per heavy atom. The molecule has 0 spiro atoms. The van der Waals surface area contributed by atoms with Crippen molar-refractivity contribution in [1.82, 2.24) is 4.98 Å².